The minimum atomic E-state index is -4.13. The maximum absolute atomic E-state index is 13.9. The SMILES string of the molecule is CCOc1ccc(S(=O)(=O)N(CC(=O)N(Cc2ccccc2)[C@@H](C)C(=O)NC(C)(C)C)c2ccccc2)cc1. The zero-order valence-electron chi connectivity index (χ0n) is 23.1. The molecule has 0 heterocycles. The Kier molecular flexibility index (Phi) is 9.75. The molecule has 0 spiro atoms. The molecule has 39 heavy (non-hydrogen) atoms. The van der Waals surface area contributed by atoms with Gasteiger partial charge < -0.3 is 15.0 Å². The molecular weight excluding hydrogens is 514 g/mol. The number of para-hydroxylation sites is 1. The number of hydrogen-bond acceptors (Lipinski definition) is 5. The molecule has 3 aromatic carbocycles. The number of hydrogen-bond donors (Lipinski definition) is 1. The lowest BCUT2D eigenvalue weighted by Gasteiger charge is -2.33. The smallest absolute Gasteiger partial charge is 0.264 e. The van der Waals surface area contributed by atoms with Crippen LogP contribution in [0.15, 0.2) is 89.8 Å². The number of carbonyl (C=O) groups is 2. The molecule has 3 aromatic rings. The van der Waals surface area contributed by atoms with Crippen LogP contribution in [0.1, 0.15) is 40.2 Å². The second-order valence-corrected chi connectivity index (χ2v) is 12.0. The first-order valence-corrected chi connectivity index (χ1v) is 14.3. The fourth-order valence-corrected chi connectivity index (χ4v) is 5.38. The van der Waals surface area contributed by atoms with E-state index >= 15 is 0 Å². The van der Waals surface area contributed by atoms with Crippen LogP contribution in [-0.4, -0.2) is 49.9 Å². The molecule has 0 unspecified atom stereocenters. The van der Waals surface area contributed by atoms with E-state index in [-0.39, 0.29) is 17.3 Å². The third-order valence-corrected chi connectivity index (χ3v) is 7.70. The first kappa shape index (κ1) is 29.7. The second-order valence-electron chi connectivity index (χ2n) is 10.2. The highest BCUT2D eigenvalue weighted by Crippen LogP contribution is 2.26. The van der Waals surface area contributed by atoms with Gasteiger partial charge in [-0.05, 0) is 76.6 Å². The minimum absolute atomic E-state index is 0.0238. The number of carbonyl (C=O) groups excluding carboxylic acids is 2. The van der Waals surface area contributed by atoms with Gasteiger partial charge in [-0.2, -0.15) is 0 Å². The number of rotatable bonds is 11. The monoisotopic (exact) mass is 551 g/mol. The Morgan fingerprint density at radius 2 is 1.46 bits per heavy atom. The molecule has 0 radical (unpaired) electrons. The summed E-state index contributed by atoms with van der Waals surface area (Å²) in [6, 6.07) is 23.0. The summed E-state index contributed by atoms with van der Waals surface area (Å²) in [7, 11) is -4.13. The summed E-state index contributed by atoms with van der Waals surface area (Å²) in [5, 5.41) is 2.92. The summed E-state index contributed by atoms with van der Waals surface area (Å²) in [5.41, 5.74) is 0.660. The molecular formula is C30H37N3O5S. The lowest BCUT2D eigenvalue weighted by molar-refractivity contribution is -0.140. The minimum Gasteiger partial charge on any atom is -0.494 e. The maximum Gasteiger partial charge on any atom is 0.264 e. The molecule has 0 aromatic heterocycles. The van der Waals surface area contributed by atoms with E-state index in [1.165, 1.54) is 17.0 Å². The Balaban J connectivity index is 1.99. The van der Waals surface area contributed by atoms with Gasteiger partial charge in [-0.1, -0.05) is 48.5 Å². The fraction of sp³-hybridized carbons (Fsp3) is 0.333. The molecule has 0 bridgehead atoms. The zero-order valence-corrected chi connectivity index (χ0v) is 23.9. The summed E-state index contributed by atoms with van der Waals surface area (Å²) in [6.45, 7) is 9.19. The average Bonchev–Trinajstić information content (AvgIpc) is 2.90. The molecule has 0 saturated heterocycles. The van der Waals surface area contributed by atoms with Crippen molar-refractivity contribution >= 4 is 27.5 Å². The molecule has 1 atom stereocenters. The fourth-order valence-electron chi connectivity index (χ4n) is 3.96. The van der Waals surface area contributed by atoms with Gasteiger partial charge in [0.1, 0.15) is 18.3 Å². The van der Waals surface area contributed by atoms with E-state index in [0.717, 1.165) is 9.87 Å². The molecule has 0 aliphatic carbocycles. The lowest BCUT2D eigenvalue weighted by Crippen LogP contribution is -2.54. The van der Waals surface area contributed by atoms with Crippen molar-refractivity contribution in [3.05, 3.63) is 90.5 Å². The number of nitrogens with zero attached hydrogens (tertiary/aromatic N) is 2. The van der Waals surface area contributed by atoms with E-state index in [2.05, 4.69) is 5.32 Å². The predicted octanol–water partition coefficient (Wildman–Crippen LogP) is 4.61. The van der Waals surface area contributed by atoms with Crippen molar-refractivity contribution in [3.8, 4) is 5.75 Å². The molecule has 0 saturated carbocycles. The molecule has 9 heteroatoms. The number of nitrogens with one attached hydrogen (secondary N) is 1. The summed E-state index contributed by atoms with van der Waals surface area (Å²) in [4.78, 5) is 28.4. The number of benzene rings is 3. The van der Waals surface area contributed by atoms with Gasteiger partial charge in [-0.25, -0.2) is 8.42 Å². The molecule has 2 amide bonds. The van der Waals surface area contributed by atoms with Crippen molar-refractivity contribution in [2.75, 3.05) is 17.5 Å². The third-order valence-electron chi connectivity index (χ3n) is 5.91. The van der Waals surface area contributed by atoms with E-state index in [4.69, 9.17) is 4.74 Å². The standard InChI is InChI=1S/C30H37N3O5S/c1-6-38-26-17-19-27(20-18-26)39(36,37)33(25-15-11-8-12-16-25)22-28(34)32(21-24-13-9-7-10-14-24)23(2)29(35)31-30(3,4)5/h7-20,23H,6,21-22H2,1-5H3,(H,31,35)/t23-/m0/s1. The number of anilines is 1. The van der Waals surface area contributed by atoms with Crippen molar-refractivity contribution < 1.29 is 22.7 Å². The molecule has 0 aliphatic rings. The topological polar surface area (TPSA) is 96.0 Å². The Bertz CT molecular complexity index is 1340. The maximum atomic E-state index is 13.9. The Labute approximate surface area is 231 Å². The lowest BCUT2D eigenvalue weighted by atomic mass is 10.1. The van der Waals surface area contributed by atoms with Crippen LogP contribution in [0, 0.1) is 0 Å². The van der Waals surface area contributed by atoms with Gasteiger partial charge in [-0.15, -0.1) is 0 Å². The van der Waals surface area contributed by atoms with Crippen LogP contribution < -0.4 is 14.4 Å². The van der Waals surface area contributed by atoms with Crippen LogP contribution in [0.3, 0.4) is 0 Å². The van der Waals surface area contributed by atoms with Crippen LogP contribution in [0.4, 0.5) is 5.69 Å². The number of amides is 2. The number of ether oxygens (including phenoxy) is 1. The first-order valence-electron chi connectivity index (χ1n) is 12.9. The van der Waals surface area contributed by atoms with Crippen LogP contribution in [-0.2, 0) is 26.2 Å². The molecule has 208 valence electrons. The predicted molar refractivity (Wildman–Crippen MR) is 153 cm³/mol. The summed E-state index contributed by atoms with van der Waals surface area (Å²) < 4.78 is 34.2. The average molecular weight is 552 g/mol. The summed E-state index contributed by atoms with van der Waals surface area (Å²) in [5.74, 6) is -0.285. The van der Waals surface area contributed by atoms with Crippen molar-refractivity contribution in [1.82, 2.24) is 10.2 Å². The second kappa shape index (κ2) is 12.8. The molecule has 1 N–H and O–H groups in total. The molecule has 8 nitrogen and oxygen atoms in total. The molecule has 0 aliphatic heterocycles. The van der Waals surface area contributed by atoms with Gasteiger partial charge >= 0.3 is 0 Å². The highest BCUT2D eigenvalue weighted by Gasteiger charge is 2.33. The van der Waals surface area contributed by atoms with Crippen molar-refractivity contribution in [1.29, 1.82) is 0 Å². The van der Waals surface area contributed by atoms with Gasteiger partial charge in [0.15, 0.2) is 0 Å². The van der Waals surface area contributed by atoms with E-state index < -0.39 is 34.1 Å². The zero-order chi connectivity index (χ0) is 28.6. The highest BCUT2D eigenvalue weighted by molar-refractivity contribution is 7.92. The largest absolute Gasteiger partial charge is 0.494 e. The summed E-state index contributed by atoms with van der Waals surface area (Å²) in [6.07, 6.45) is 0. The first-order chi connectivity index (χ1) is 18.4. The molecule has 3 rings (SSSR count). The van der Waals surface area contributed by atoms with Crippen molar-refractivity contribution in [2.45, 2.75) is 57.6 Å². The van der Waals surface area contributed by atoms with Crippen molar-refractivity contribution in [3.63, 3.8) is 0 Å². The van der Waals surface area contributed by atoms with Crippen LogP contribution >= 0.6 is 0 Å². The van der Waals surface area contributed by atoms with E-state index in [9.17, 15) is 18.0 Å². The van der Waals surface area contributed by atoms with Gasteiger partial charge in [0.05, 0.1) is 17.2 Å². The Hall–Kier alpha value is -3.85. The Morgan fingerprint density at radius 1 is 0.897 bits per heavy atom. The normalized spacial score (nSPS) is 12.3. The van der Waals surface area contributed by atoms with Gasteiger partial charge in [0, 0.05) is 12.1 Å². The van der Waals surface area contributed by atoms with Crippen LogP contribution in [0.2, 0.25) is 0 Å². The van der Waals surface area contributed by atoms with Gasteiger partial charge in [-0.3, -0.25) is 13.9 Å². The van der Waals surface area contributed by atoms with Crippen molar-refractivity contribution in [2.24, 2.45) is 0 Å². The summed E-state index contributed by atoms with van der Waals surface area (Å²) >= 11 is 0. The quantitative estimate of drug-likeness (QED) is 0.375. The van der Waals surface area contributed by atoms with Crippen LogP contribution in [0.5, 0.6) is 5.75 Å². The molecule has 0 fully saturated rings. The van der Waals surface area contributed by atoms with E-state index in [1.54, 1.807) is 49.4 Å². The third kappa shape index (κ3) is 8.07. The van der Waals surface area contributed by atoms with Gasteiger partial charge in [0.2, 0.25) is 11.8 Å². The highest BCUT2D eigenvalue weighted by atomic mass is 32.2. The Morgan fingerprint density at radius 3 is 2.00 bits per heavy atom. The van der Waals surface area contributed by atoms with Crippen LogP contribution in [0.25, 0.3) is 0 Å². The van der Waals surface area contributed by atoms with E-state index in [1.807, 2.05) is 58.0 Å². The number of sulfonamides is 1. The van der Waals surface area contributed by atoms with Gasteiger partial charge in [0.25, 0.3) is 10.0 Å². The van der Waals surface area contributed by atoms with E-state index in [0.29, 0.717) is 18.0 Å².